The summed E-state index contributed by atoms with van der Waals surface area (Å²) >= 11 is 0. The third-order valence-electron chi connectivity index (χ3n) is 17.4. The van der Waals surface area contributed by atoms with Crippen molar-refractivity contribution in [3.63, 3.8) is 0 Å². The first-order valence-corrected chi connectivity index (χ1v) is 29.1. The zero-order valence-corrected chi connectivity index (χ0v) is 48.7. The number of hydrogen-bond donors (Lipinski definition) is 5. The lowest BCUT2D eigenvalue weighted by atomic mass is 9.88. The number of fused-ring (bicyclic) bond motifs is 8. The molecule has 5 aliphatic rings. The van der Waals surface area contributed by atoms with Gasteiger partial charge < -0.3 is 50.4 Å². The van der Waals surface area contributed by atoms with Crippen LogP contribution >= 0.6 is 0 Å². The highest BCUT2D eigenvalue weighted by Gasteiger charge is 2.56. The van der Waals surface area contributed by atoms with Crippen molar-refractivity contribution >= 4 is 70.1 Å². The van der Waals surface area contributed by atoms with Crippen LogP contribution in [-0.4, -0.2) is 92.6 Å². The van der Waals surface area contributed by atoms with Gasteiger partial charge in [-0.25, -0.2) is 0 Å². The number of amides is 6. The van der Waals surface area contributed by atoms with Crippen LogP contribution in [0.4, 0.5) is 28.4 Å². The van der Waals surface area contributed by atoms with Gasteiger partial charge in [0.05, 0.1) is 48.8 Å². The molecule has 1 aliphatic carbocycles. The summed E-state index contributed by atoms with van der Waals surface area (Å²) in [6, 6.07) is 25.8. The summed E-state index contributed by atoms with van der Waals surface area (Å²) in [5, 5.41) is 15.1. The zero-order valence-electron chi connectivity index (χ0n) is 48.7. The van der Waals surface area contributed by atoms with Gasteiger partial charge in [-0.15, -0.1) is 0 Å². The van der Waals surface area contributed by atoms with Gasteiger partial charge in [0.1, 0.15) is 25.3 Å². The van der Waals surface area contributed by atoms with Crippen molar-refractivity contribution in [2.45, 2.75) is 143 Å². The quantitative estimate of drug-likeness (QED) is 0.0388. The third-order valence-corrected chi connectivity index (χ3v) is 17.4. The maximum Gasteiger partial charge on any atom is 0.261 e. The molecule has 8 atom stereocenters. The molecule has 6 amide bonds. The maximum atomic E-state index is 14.2. The predicted molar refractivity (Wildman–Crippen MR) is 319 cm³/mol. The van der Waals surface area contributed by atoms with Crippen molar-refractivity contribution in [3.05, 3.63) is 124 Å². The second-order valence-electron chi connectivity index (χ2n) is 23.0. The van der Waals surface area contributed by atoms with Crippen LogP contribution in [0.2, 0.25) is 0 Å². The summed E-state index contributed by atoms with van der Waals surface area (Å²) in [5.74, 6) is 0.894. The Morgan fingerprint density at radius 2 is 1.28 bits per heavy atom. The minimum absolute atomic E-state index is 0.00384. The number of carbonyl (C=O) groups is 6. The van der Waals surface area contributed by atoms with Gasteiger partial charge in [0.15, 0.2) is 23.0 Å². The summed E-state index contributed by atoms with van der Waals surface area (Å²) in [6.07, 6.45) is 7.76. The van der Waals surface area contributed by atoms with Gasteiger partial charge in [0.2, 0.25) is 23.6 Å². The lowest BCUT2D eigenvalue weighted by Crippen LogP contribution is -2.50. The van der Waals surface area contributed by atoms with Crippen LogP contribution in [0.5, 0.6) is 23.0 Å². The minimum Gasteiger partial charge on any atom is -0.493 e. The molecule has 1 unspecified atom stereocenters. The Morgan fingerprint density at radius 1 is 0.687 bits per heavy atom. The van der Waals surface area contributed by atoms with Crippen LogP contribution in [0, 0.1) is 17.3 Å². The Hall–Kier alpha value is -8.41. The number of unbranched alkanes of at least 4 members (excludes halogenated alkanes) is 1. The normalized spacial score (nSPS) is 20.2. The highest BCUT2D eigenvalue weighted by atomic mass is 16.5. The SMILES string of the molecule is CCC(NC(=O)CCCCC(=O)N[C@@H](C)C(=O)N[C@@H](C)C(=O)Nc1cc(COc2cc3c(cc2OC)C(=O)N2c4ccccc4C[C@H]2C=N3)cc(COc2cc3c(cc2OC)C(=O)N2c4ccccc4C[C@H]2CN3)c1)[C@@]1(C)C[C@H]1[C@@H](C)CC. The fourth-order valence-electron chi connectivity index (χ4n) is 12.5. The number of benzene rings is 5. The number of ether oxygens (including phenoxy) is 4. The Kier molecular flexibility index (Phi) is 17.1. The van der Waals surface area contributed by atoms with Crippen LogP contribution in [-0.2, 0) is 45.2 Å². The summed E-state index contributed by atoms with van der Waals surface area (Å²) in [6.45, 7) is 12.5. The maximum absolute atomic E-state index is 14.2. The average molecular weight is 1130 g/mol. The molecular weight excluding hydrogens is 1050 g/mol. The Bertz CT molecular complexity index is 3360. The molecule has 83 heavy (non-hydrogen) atoms. The van der Waals surface area contributed by atoms with Crippen LogP contribution in [0.3, 0.4) is 0 Å². The van der Waals surface area contributed by atoms with E-state index < -0.39 is 23.9 Å². The first-order valence-electron chi connectivity index (χ1n) is 29.1. The number of hydrogen-bond acceptors (Lipinski definition) is 12. The van der Waals surface area contributed by atoms with Gasteiger partial charge in [-0.1, -0.05) is 70.5 Å². The molecule has 5 aromatic carbocycles. The molecule has 0 aromatic heterocycles. The smallest absolute Gasteiger partial charge is 0.261 e. The number of carbonyl (C=O) groups excluding carboxylic acids is 6. The topological polar surface area (TPSA) is 218 Å². The van der Waals surface area contributed by atoms with E-state index in [-0.39, 0.29) is 66.8 Å². The van der Waals surface area contributed by atoms with E-state index in [1.54, 1.807) is 61.4 Å². The van der Waals surface area contributed by atoms with Crippen molar-refractivity contribution in [1.82, 2.24) is 16.0 Å². The molecule has 4 aliphatic heterocycles. The molecule has 5 aromatic rings. The lowest BCUT2D eigenvalue weighted by Gasteiger charge is -2.26. The molecule has 18 heteroatoms. The van der Waals surface area contributed by atoms with E-state index in [4.69, 9.17) is 23.9 Å². The van der Waals surface area contributed by atoms with E-state index in [0.717, 1.165) is 48.2 Å². The zero-order chi connectivity index (χ0) is 58.7. The van der Waals surface area contributed by atoms with Crippen molar-refractivity contribution in [2.24, 2.45) is 22.2 Å². The van der Waals surface area contributed by atoms with Gasteiger partial charge in [0, 0.05) is 67.3 Å². The Balaban J connectivity index is 0.802. The van der Waals surface area contributed by atoms with Gasteiger partial charge in [-0.05, 0) is 128 Å². The fraction of sp³-hybridized carbons (Fsp3) is 0.431. The van der Waals surface area contributed by atoms with Crippen LogP contribution in [0.15, 0.2) is 96.0 Å². The largest absolute Gasteiger partial charge is 0.493 e. The number of aliphatic imine (C=N–C) groups is 1. The summed E-state index contributed by atoms with van der Waals surface area (Å²) in [4.78, 5) is 89.9. The van der Waals surface area contributed by atoms with Gasteiger partial charge in [-0.3, -0.25) is 38.7 Å². The molecule has 1 saturated carbocycles. The molecule has 0 spiro atoms. The van der Waals surface area contributed by atoms with Crippen molar-refractivity contribution in [1.29, 1.82) is 0 Å². The first-order chi connectivity index (χ1) is 40.0. The van der Waals surface area contributed by atoms with Crippen molar-refractivity contribution in [3.8, 4) is 23.0 Å². The summed E-state index contributed by atoms with van der Waals surface area (Å²) in [7, 11) is 3.02. The molecule has 0 radical (unpaired) electrons. The number of nitrogens with one attached hydrogen (secondary N) is 5. The number of nitrogens with zero attached hydrogens (tertiary/aromatic N) is 3. The van der Waals surface area contributed by atoms with E-state index >= 15 is 0 Å². The van der Waals surface area contributed by atoms with Crippen LogP contribution < -0.4 is 55.3 Å². The van der Waals surface area contributed by atoms with E-state index in [1.165, 1.54) is 14.2 Å². The Labute approximate surface area is 485 Å². The van der Waals surface area contributed by atoms with Crippen LogP contribution in [0.1, 0.15) is 129 Å². The molecule has 5 N–H and O–H groups in total. The second kappa shape index (κ2) is 24.6. The molecular formula is C65H76N8O10. The molecule has 4 heterocycles. The van der Waals surface area contributed by atoms with E-state index in [9.17, 15) is 28.8 Å². The predicted octanol–water partition coefficient (Wildman–Crippen LogP) is 9.62. The lowest BCUT2D eigenvalue weighted by molar-refractivity contribution is -0.130. The molecule has 18 nitrogen and oxygen atoms in total. The van der Waals surface area contributed by atoms with Gasteiger partial charge in [-0.2, -0.15) is 0 Å². The van der Waals surface area contributed by atoms with E-state index in [2.05, 4.69) is 60.3 Å². The van der Waals surface area contributed by atoms with Crippen LogP contribution in [0.25, 0.3) is 0 Å². The standard InChI is InChI=1S/C65H76N8O10/c1-9-37(3)49-32-65(49,6)58(10-2)71-60(75)22-16-15-21-59(74)68-38(4)61(76)69-39(5)62(77)70-44-24-40(35-82-56-30-50-47(28-54(56)80-7)63(78)72-45(33-66-50)26-42-17-11-13-19-52(42)72)23-41(25-44)36-83-57-31-51-48(29-55(57)81-8)64(79)73-46(34-67-51)27-43-18-12-14-20-53(43)73/h11-14,17-20,23-25,28-31,33,37-39,45-46,49,58,67H,9-10,15-16,21-22,26-27,32,34-36H2,1-8H3,(H,68,74)(H,69,76)(H,70,77)(H,71,75)/t37-,38-,39-,45-,46-,49-,58?,65-/m0/s1. The average Bonchev–Trinajstić information content (AvgIpc) is 2.67. The highest BCUT2D eigenvalue weighted by Crippen LogP contribution is 2.59. The van der Waals surface area contributed by atoms with E-state index in [0.29, 0.717) is 106 Å². The van der Waals surface area contributed by atoms with Crippen molar-refractivity contribution < 1.29 is 47.7 Å². The number of anilines is 4. The highest BCUT2D eigenvalue weighted by molar-refractivity contribution is 6.15. The minimum atomic E-state index is -1.02. The molecule has 1 fully saturated rings. The molecule has 0 saturated heterocycles. The first kappa shape index (κ1) is 57.8. The molecule has 0 bridgehead atoms. The van der Waals surface area contributed by atoms with Crippen molar-refractivity contribution in [2.75, 3.05) is 41.2 Å². The van der Waals surface area contributed by atoms with Gasteiger partial charge >= 0.3 is 0 Å². The fourth-order valence-corrected chi connectivity index (χ4v) is 12.5. The van der Waals surface area contributed by atoms with E-state index in [1.807, 2.05) is 53.4 Å². The Morgan fingerprint density at radius 3 is 1.93 bits per heavy atom. The second-order valence-corrected chi connectivity index (χ2v) is 23.0. The summed E-state index contributed by atoms with van der Waals surface area (Å²) in [5.41, 5.74) is 7.56. The molecule has 436 valence electrons. The third kappa shape index (κ3) is 12.2. The van der Waals surface area contributed by atoms with Gasteiger partial charge in [0.25, 0.3) is 11.8 Å². The number of rotatable bonds is 23. The number of para-hydroxylation sites is 2. The number of methoxy groups -OCH3 is 2. The monoisotopic (exact) mass is 1130 g/mol. The summed E-state index contributed by atoms with van der Waals surface area (Å²) < 4.78 is 24.5. The molecule has 10 rings (SSSR count).